The summed E-state index contributed by atoms with van der Waals surface area (Å²) in [6.07, 6.45) is 5.61. The summed E-state index contributed by atoms with van der Waals surface area (Å²) in [5, 5.41) is 12.1. The molecule has 2 amide bonds. The first-order valence-corrected chi connectivity index (χ1v) is 8.66. The van der Waals surface area contributed by atoms with E-state index in [0.29, 0.717) is 19.5 Å². The van der Waals surface area contributed by atoms with Crippen LogP contribution in [-0.2, 0) is 4.79 Å². The molecule has 0 saturated carbocycles. The molecule has 0 aromatic carbocycles. The van der Waals surface area contributed by atoms with Crippen LogP contribution < -0.4 is 5.32 Å². The number of rotatable bonds is 9. The Balaban J connectivity index is 0. The summed E-state index contributed by atoms with van der Waals surface area (Å²) < 4.78 is 0. The highest BCUT2D eigenvalue weighted by molar-refractivity contribution is 5.85. The minimum absolute atomic E-state index is 0.147. The largest absolute Gasteiger partial charge is 0.465 e. The second kappa shape index (κ2) is 14.6. The monoisotopic (exact) mass is 341 g/mol. The molecule has 1 unspecified atom stereocenters. The number of amides is 2. The van der Waals surface area contributed by atoms with Crippen LogP contribution in [0.4, 0.5) is 4.79 Å². The molecule has 6 nitrogen and oxygen atoms in total. The average Bonchev–Trinajstić information content (AvgIpc) is 2.60. The Bertz CT molecular complexity index is 420. The number of likely N-dealkylation sites (N-methyl/N-ethyl adjacent to an activating group) is 2. The van der Waals surface area contributed by atoms with Crippen LogP contribution in [0.3, 0.4) is 0 Å². The molecule has 0 aliphatic heterocycles. The van der Waals surface area contributed by atoms with Crippen LogP contribution in [0.25, 0.3) is 0 Å². The fraction of sp³-hybridized carbons (Fsp3) is 0.667. The topological polar surface area (TPSA) is 72.9 Å². The Morgan fingerprint density at radius 1 is 1.25 bits per heavy atom. The van der Waals surface area contributed by atoms with Gasteiger partial charge in [-0.1, -0.05) is 26.8 Å². The minimum Gasteiger partial charge on any atom is -0.465 e. The molecule has 0 aliphatic carbocycles. The van der Waals surface area contributed by atoms with Gasteiger partial charge in [-0.05, 0) is 38.1 Å². The molecule has 0 aliphatic rings. The van der Waals surface area contributed by atoms with Crippen LogP contribution in [0.15, 0.2) is 23.9 Å². The molecule has 1 atom stereocenters. The van der Waals surface area contributed by atoms with E-state index in [4.69, 9.17) is 0 Å². The quantitative estimate of drug-likeness (QED) is 0.631. The van der Waals surface area contributed by atoms with Crippen molar-refractivity contribution in [1.82, 2.24) is 15.1 Å². The molecule has 0 saturated heterocycles. The van der Waals surface area contributed by atoms with Gasteiger partial charge < -0.3 is 15.3 Å². The van der Waals surface area contributed by atoms with E-state index in [1.807, 2.05) is 46.8 Å². The molecule has 0 aromatic heterocycles. The molecule has 2 N–H and O–H groups in total. The molecule has 0 heterocycles. The van der Waals surface area contributed by atoms with Crippen LogP contribution in [-0.4, -0.2) is 60.1 Å². The number of nitrogens with one attached hydrogen (secondary N) is 1. The molecule has 0 rings (SSSR count). The van der Waals surface area contributed by atoms with Crippen molar-refractivity contribution in [3.05, 3.63) is 23.9 Å². The van der Waals surface area contributed by atoms with Gasteiger partial charge in [0.05, 0.1) is 0 Å². The van der Waals surface area contributed by atoms with Crippen LogP contribution in [0.1, 0.15) is 47.5 Å². The highest BCUT2D eigenvalue weighted by atomic mass is 16.4. The molecule has 140 valence electrons. The summed E-state index contributed by atoms with van der Waals surface area (Å²) in [6.45, 7) is 11.0. The normalized spacial score (nSPS) is 12.2. The fourth-order valence-corrected chi connectivity index (χ4v) is 2.12. The van der Waals surface area contributed by atoms with Gasteiger partial charge in [-0.2, -0.15) is 0 Å². The van der Waals surface area contributed by atoms with Gasteiger partial charge in [0, 0.05) is 33.6 Å². The minimum atomic E-state index is -1.10. The van der Waals surface area contributed by atoms with Gasteiger partial charge in [-0.25, -0.2) is 4.79 Å². The third-order valence-corrected chi connectivity index (χ3v) is 3.51. The smallest absolute Gasteiger partial charge is 0.407 e. The van der Waals surface area contributed by atoms with Crippen molar-refractivity contribution < 1.29 is 14.7 Å². The predicted octanol–water partition coefficient (Wildman–Crippen LogP) is 3.32. The van der Waals surface area contributed by atoms with E-state index in [2.05, 4.69) is 5.32 Å². The lowest BCUT2D eigenvalue weighted by atomic mass is 10.0. The predicted molar refractivity (Wildman–Crippen MR) is 100 cm³/mol. The molecule has 24 heavy (non-hydrogen) atoms. The van der Waals surface area contributed by atoms with E-state index in [0.717, 1.165) is 16.9 Å². The zero-order valence-corrected chi connectivity index (χ0v) is 16.3. The lowest BCUT2D eigenvalue weighted by molar-refractivity contribution is -0.135. The molecular formula is C18H35N3O3. The lowest BCUT2D eigenvalue weighted by Gasteiger charge is -2.30. The highest BCUT2D eigenvalue weighted by Crippen LogP contribution is 2.15. The van der Waals surface area contributed by atoms with Gasteiger partial charge >= 0.3 is 6.09 Å². The molecule has 0 radical (unpaired) electrons. The Labute approximate surface area is 147 Å². The Morgan fingerprint density at radius 3 is 2.21 bits per heavy atom. The summed E-state index contributed by atoms with van der Waals surface area (Å²) in [6, 6.07) is -0.711. The van der Waals surface area contributed by atoms with E-state index in [9.17, 15) is 14.7 Å². The van der Waals surface area contributed by atoms with Crippen molar-refractivity contribution in [2.75, 3.05) is 27.2 Å². The maximum atomic E-state index is 12.7. The molecule has 6 heteroatoms. The summed E-state index contributed by atoms with van der Waals surface area (Å²) in [7, 11) is 3.23. The molecule has 0 aromatic rings. The van der Waals surface area contributed by atoms with E-state index in [-0.39, 0.29) is 5.91 Å². The zero-order chi connectivity index (χ0) is 19.1. The van der Waals surface area contributed by atoms with Crippen molar-refractivity contribution >= 4 is 12.0 Å². The number of carbonyl (C=O) groups is 2. The Hall–Kier alpha value is -1.98. The number of hydrogen-bond donors (Lipinski definition) is 2. The van der Waals surface area contributed by atoms with Crippen LogP contribution in [0.5, 0.6) is 0 Å². The van der Waals surface area contributed by atoms with Crippen LogP contribution in [0.2, 0.25) is 0 Å². The van der Waals surface area contributed by atoms with Gasteiger partial charge in [0.25, 0.3) is 0 Å². The van der Waals surface area contributed by atoms with Crippen molar-refractivity contribution in [3.63, 3.8) is 0 Å². The number of carboxylic acid groups (broad SMARTS) is 1. The fourth-order valence-electron chi connectivity index (χ4n) is 2.12. The van der Waals surface area contributed by atoms with Crippen LogP contribution >= 0.6 is 0 Å². The first-order chi connectivity index (χ1) is 11.4. The van der Waals surface area contributed by atoms with Gasteiger partial charge in [-0.15, -0.1) is 0 Å². The standard InChI is InChI=1S/C16H29N3O3.C2H6/c1-6-11-19(8-3)15(20)14(18(5)16(21)22)12-13(7-2)9-10-17-4;1-2/h7,9-10,14,17H,6,8,11-12H2,1-5H3,(H,21,22);1-2H3/b10-9-,13-7+;. The van der Waals surface area contributed by atoms with E-state index in [1.165, 1.54) is 7.05 Å². The Morgan fingerprint density at radius 2 is 1.83 bits per heavy atom. The average molecular weight is 341 g/mol. The SMILES string of the molecule is C/C=C(\C=C/NC)CC(C(=O)N(CC)CCC)N(C)C(=O)O.CC. The second-order valence-corrected chi connectivity index (χ2v) is 5.02. The van der Waals surface area contributed by atoms with E-state index >= 15 is 0 Å². The maximum Gasteiger partial charge on any atom is 0.407 e. The number of allylic oxidation sites excluding steroid dienone is 2. The lowest BCUT2D eigenvalue weighted by Crippen LogP contribution is -2.49. The number of hydrogen-bond acceptors (Lipinski definition) is 3. The Kier molecular flexibility index (Phi) is 14.8. The third kappa shape index (κ3) is 8.60. The van der Waals surface area contributed by atoms with Gasteiger partial charge in [0.15, 0.2) is 0 Å². The molecule has 0 spiro atoms. The first-order valence-electron chi connectivity index (χ1n) is 8.66. The maximum absolute atomic E-state index is 12.7. The van der Waals surface area contributed by atoms with Crippen LogP contribution in [0, 0.1) is 0 Å². The van der Waals surface area contributed by atoms with E-state index in [1.54, 1.807) is 18.1 Å². The van der Waals surface area contributed by atoms with Crippen molar-refractivity contribution in [2.45, 2.75) is 53.5 Å². The van der Waals surface area contributed by atoms with Crippen molar-refractivity contribution in [1.29, 1.82) is 0 Å². The number of nitrogens with zero attached hydrogens (tertiary/aromatic N) is 2. The number of carbonyl (C=O) groups excluding carboxylic acids is 1. The van der Waals surface area contributed by atoms with Crippen molar-refractivity contribution in [2.24, 2.45) is 0 Å². The summed E-state index contributed by atoms with van der Waals surface area (Å²) in [5.74, 6) is -0.147. The second-order valence-electron chi connectivity index (χ2n) is 5.02. The van der Waals surface area contributed by atoms with Crippen molar-refractivity contribution in [3.8, 4) is 0 Å². The summed E-state index contributed by atoms with van der Waals surface area (Å²) in [5.41, 5.74) is 0.911. The van der Waals surface area contributed by atoms with Gasteiger partial charge in [0.1, 0.15) is 6.04 Å². The summed E-state index contributed by atoms with van der Waals surface area (Å²) in [4.78, 5) is 26.8. The third-order valence-electron chi connectivity index (χ3n) is 3.51. The van der Waals surface area contributed by atoms with E-state index < -0.39 is 12.1 Å². The highest BCUT2D eigenvalue weighted by Gasteiger charge is 2.30. The molecule has 0 fully saturated rings. The summed E-state index contributed by atoms with van der Waals surface area (Å²) >= 11 is 0. The van der Waals surface area contributed by atoms with Gasteiger partial charge in [-0.3, -0.25) is 9.69 Å². The first kappa shape index (κ1) is 24.3. The molecule has 0 bridgehead atoms. The van der Waals surface area contributed by atoms with Gasteiger partial charge in [0.2, 0.25) is 5.91 Å². The zero-order valence-electron chi connectivity index (χ0n) is 16.3. The molecular weight excluding hydrogens is 306 g/mol.